The Balaban J connectivity index is 2.33. The van der Waals surface area contributed by atoms with Crippen LogP contribution in [0.5, 0.6) is 11.5 Å². The average molecular weight is 366 g/mol. The quantitative estimate of drug-likeness (QED) is 0.855. The topological polar surface area (TPSA) is 63.6 Å². The summed E-state index contributed by atoms with van der Waals surface area (Å²) in [5.74, 6) is 0.0530. The minimum atomic E-state index is -1.02. The lowest BCUT2D eigenvalue weighted by Gasteiger charge is -2.54. The number of phenolic OH excluding ortho intramolecular Hbond substituents is 1. The number of phenols is 1. The lowest BCUT2D eigenvalue weighted by Crippen LogP contribution is -2.57. The van der Waals surface area contributed by atoms with Gasteiger partial charge in [0, 0.05) is 23.0 Å². The number of methoxy groups -OCH3 is 1. The summed E-state index contributed by atoms with van der Waals surface area (Å²) in [5.41, 5.74) is 0.596. The molecular formula is C23H26O4. The summed E-state index contributed by atoms with van der Waals surface area (Å²) >= 11 is 0. The molecule has 0 saturated heterocycles. The first-order valence-electron chi connectivity index (χ1n) is 9.10. The summed E-state index contributed by atoms with van der Waals surface area (Å²) in [6.45, 7) is 11.1. The van der Waals surface area contributed by atoms with Gasteiger partial charge < -0.3 is 9.84 Å². The Labute approximate surface area is 160 Å². The van der Waals surface area contributed by atoms with Gasteiger partial charge in [-0.05, 0) is 43.1 Å². The van der Waals surface area contributed by atoms with E-state index in [1.807, 2.05) is 19.9 Å². The van der Waals surface area contributed by atoms with Gasteiger partial charge in [0.05, 0.1) is 12.5 Å². The molecule has 1 aromatic rings. The van der Waals surface area contributed by atoms with Crippen LogP contribution in [-0.2, 0) is 9.59 Å². The third-order valence-corrected chi connectivity index (χ3v) is 6.80. The van der Waals surface area contributed by atoms with E-state index in [1.165, 1.54) is 13.2 Å². The molecule has 2 aliphatic carbocycles. The number of fused-ring (bicyclic) bond motifs is 1. The highest BCUT2D eigenvalue weighted by molar-refractivity contribution is 6.17. The Morgan fingerprint density at radius 2 is 1.81 bits per heavy atom. The predicted molar refractivity (Wildman–Crippen MR) is 105 cm³/mol. The smallest absolute Gasteiger partial charge is 0.166 e. The van der Waals surface area contributed by atoms with Crippen molar-refractivity contribution in [1.29, 1.82) is 0 Å². The standard InChI is InChI=1S/C23H26O4/c1-7-15-10-11-22(4)20(25)13(2)14(3)21(26)23(22,5)19(15)17-9-8-16(27-6)12-18(17)24/h7-10,12,19,24H,1,11H2,2-6H3/t19-,22+,23-/m1/s1. The first kappa shape index (κ1) is 19.2. The van der Waals surface area contributed by atoms with Crippen molar-refractivity contribution in [2.75, 3.05) is 7.11 Å². The SMILES string of the molecule is C=CC1=CC[C@@]2(C)C(=O)C(C)=C(C)C(=O)[C@@]2(C)[C@H]1c1ccc(OC)cc1O. The number of benzene rings is 1. The van der Waals surface area contributed by atoms with Gasteiger partial charge in [-0.2, -0.15) is 0 Å². The van der Waals surface area contributed by atoms with Gasteiger partial charge in [0.15, 0.2) is 11.6 Å². The van der Waals surface area contributed by atoms with Crippen molar-refractivity contribution in [3.8, 4) is 11.5 Å². The van der Waals surface area contributed by atoms with Crippen LogP contribution in [0.25, 0.3) is 0 Å². The molecule has 1 aromatic carbocycles. The summed E-state index contributed by atoms with van der Waals surface area (Å²) in [7, 11) is 1.53. The summed E-state index contributed by atoms with van der Waals surface area (Å²) in [4.78, 5) is 26.8. The van der Waals surface area contributed by atoms with Crippen LogP contribution in [0.3, 0.4) is 0 Å². The van der Waals surface area contributed by atoms with Crippen LogP contribution < -0.4 is 4.74 Å². The van der Waals surface area contributed by atoms with Gasteiger partial charge in [-0.25, -0.2) is 0 Å². The minimum Gasteiger partial charge on any atom is -0.508 e. The molecule has 142 valence electrons. The van der Waals surface area contributed by atoms with Crippen molar-refractivity contribution in [3.63, 3.8) is 0 Å². The molecule has 0 heterocycles. The number of ether oxygens (including phenoxy) is 1. The van der Waals surface area contributed by atoms with Gasteiger partial charge in [0.2, 0.25) is 0 Å². The molecule has 0 unspecified atom stereocenters. The van der Waals surface area contributed by atoms with E-state index < -0.39 is 16.7 Å². The van der Waals surface area contributed by atoms with Crippen LogP contribution in [0.4, 0.5) is 0 Å². The number of carbonyl (C=O) groups is 2. The van der Waals surface area contributed by atoms with E-state index in [0.717, 1.165) is 5.57 Å². The number of allylic oxidation sites excluding steroid dienone is 5. The number of Topliss-reactive ketones (excluding diaryl/α,β-unsaturated/α-hetero) is 2. The van der Waals surface area contributed by atoms with E-state index in [1.54, 1.807) is 32.1 Å². The van der Waals surface area contributed by atoms with Crippen LogP contribution in [0.1, 0.15) is 45.6 Å². The van der Waals surface area contributed by atoms with Crippen molar-refractivity contribution in [2.45, 2.75) is 40.0 Å². The van der Waals surface area contributed by atoms with Crippen LogP contribution >= 0.6 is 0 Å². The second-order valence-electron chi connectivity index (χ2n) is 7.91. The molecule has 0 aliphatic heterocycles. The van der Waals surface area contributed by atoms with E-state index in [0.29, 0.717) is 28.9 Å². The number of aromatic hydroxyl groups is 1. The Kier molecular flexibility index (Phi) is 4.41. The van der Waals surface area contributed by atoms with Crippen LogP contribution in [-0.4, -0.2) is 23.8 Å². The van der Waals surface area contributed by atoms with E-state index in [9.17, 15) is 14.7 Å². The maximum Gasteiger partial charge on any atom is 0.166 e. The summed E-state index contributed by atoms with van der Waals surface area (Å²) in [6, 6.07) is 5.06. The first-order valence-corrected chi connectivity index (χ1v) is 9.10. The normalized spacial score (nSPS) is 30.7. The fourth-order valence-electron chi connectivity index (χ4n) is 4.74. The third-order valence-electron chi connectivity index (χ3n) is 6.80. The molecule has 4 heteroatoms. The van der Waals surface area contributed by atoms with E-state index in [2.05, 4.69) is 6.58 Å². The molecule has 0 saturated carbocycles. The first-order chi connectivity index (χ1) is 12.6. The van der Waals surface area contributed by atoms with E-state index in [4.69, 9.17) is 4.74 Å². The highest BCUT2D eigenvalue weighted by atomic mass is 16.5. The number of ketones is 2. The molecule has 1 N–H and O–H groups in total. The maximum absolute atomic E-state index is 13.5. The molecular weight excluding hydrogens is 340 g/mol. The summed E-state index contributed by atoms with van der Waals surface area (Å²) < 4.78 is 5.19. The largest absolute Gasteiger partial charge is 0.508 e. The fourth-order valence-corrected chi connectivity index (χ4v) is 4.74. The van der Waals surface area contributed by atoms with Crippen molar-refractivity contribution >= 4 is 11.6 Å². The molecule has 0 fully saturated rings. The lowest BCUT2D eigenvalue weighted by molar-refractivity contribution is -0.147. The van der Waals surface area contributed by atoms with Gasteiger partial charge >= 0.3 is 0 Å². The zero-order valence-corrected chi connectivity index (χ0v) is 16.6. The Bertz CT molecular complexity index is 920. The van der Waals surface area contributed by atoms with Crippen molar-refractivity contribution in [3.05, 3.63) is 59.2 Å². The fraction of sp³-hybridized carbons (Fsp3) is 0.391. The van der Waals surface area contributed by atoms with Crippen LogP contribution in [0.2, 0.25) is 0 Å². The van der Waals surface area contributed by atoms with Crippen molar-refractivity contribution < 1.29 is 19.4 Å². The zero-order valence-electron chi connectivity index (χ0n) is 16.6. The molecule has 0 radical (unpaired) electrons. The van der Waals surface area contributed by atoms with E-state index in [-0.39, 0.29) is 17.3 Å². The average Bonchev–Trinajstić information content (AvgIpc) is 2.66. The third kappa shape index (κ3) is 2.35. The second-order valence-corrected chi connectivity index (χ2v) is 7.91. The van der Waals surface area contributed by atoms with Crippen LogP contribution in [0.15, 0.2) is 53.6 Å². The maximum atomic E-state index is 13.5. The molecule has 3 atom stereocenters. The zero-order chi connectivity index (χ0) is 20.1. The molecule has 0 amide bonds. The number of hydrogen-bond acceptors (Lipinski definition) is 4. The Hall–Kier alpha value is -2.62. The Morgan fingerprint density at radius 1 is 1.19 bits per heavy atom. The second kappa shape index (κ2) is 6.22. The summed E-state index contributed by atoms with van der Waals surface area (Å²) in [5, 5.41) is 10.7. The molecule has 2 aliphatic rings. The minimum absolute atomic E-state index is 0.000497. The van der Waals surface area contributed by atoms with Gasteiger partial charge in [0.25, 0.3) is 0 Å². The number of hydrogen-bond donors (Lipinski definition) is 1. The monoisotopic (exact) mass is 366 g/mol. The molecule has 0 aromatic heterocycles. The van der Waals surface area contributed by atoms with Gasteiger partial charge in [0.1, 0.15) is 11.5 Å². The molecule has 27 heavy (non-hydrogen) atoms. The molecule has 0 bridgehead atoms. The highest BCUT2D eigenvalue weighted by Gasteiger charge is 2.63. The Morgan fingerprint density at radius 3 is 2.37 bits per heavy atom. The number of carbonyl (C=O) groups excluding carboxylic acids is 2. The van der Waals surface area contributed by atoms with Gasteiger partial charge in [-0.15, -0.1) is 0 Å². The summed E-state index contributed by atoms with van der Waals surface area (Å²) in [6.07, 6.45) is 4.16. The van der Waals surface area contributed by atoms with Gasteiger partial charge in [-0.3, -0.25) is 9.59 Å². The predicted octanol–water partition coefficient (Wildman–Crippen LogP) is 4.50. The number of rotatable bonds is 3. The molecule has 3 rings (SSSR count). The van der Waals surface area contributed by atoms with Crippen molar-refractivity contribution in [2.24, 2.45) is 10.8 Å². The highest BCUT2D eigenvalue weighted by Crippen LogP contribution is 2.62. The lowest BCUT2D eigenvalue weighted by atomic mass is 9.45. The van der Waals surface area contributed by atoms with Crippen molar-refractivity contribution in [1.82, 2.24) is 0 Å². The van der Waals surface area contributed by atoms with Crippen LogP contribution in [0, 0.1) is 10.8 Å². The van der Waals surface area contributed by atoms with E-state index >= 15 is 0 Å². The molecule has 4 nitrogen and oxygen atoms in total. The molecule has 0 spiro atoms. The van der Waals surface area contributed by atoms with Gasteiger partial charge in [-0.1, -0.05) is 38.6 Å².